The molecule has 5 fully saturated rings. The van der Waals surface area contributed by atoms with Gasteiger partial charge in [-0.05, 0) is 68.1 Å². The summed E-state index contributed by atoms with van der Waals surface area (Å²) in [5.74, 6) is 2.71. The van der Waals surface area contributed by atoms with Crippen LogP contribution in [-0.4, -0.2) is 83.8 Å². The van der Waals surface area contributed by atoms with Crippen molar-refractivity contribution in [3.63, 3.8) is 0 Å². The quantitative estimate of drug-likeness (QED) is 0.648. The van der Waals surface area contributed by atoms with Crippen LogP contribution in [0.1, 0.15) is 51.4 Å². The number of rotatable bonds is 3. The van der Waals surface area contributed by atoms with Crippen molar-refractivity contribution < 1.29 is 33.3 Å². The number of nitrogens with zero attached hydrogens (tertiary/aromatic N) is 1. The minimum absolute atomic E-state index is 0.00722. The maximum Gasteiger partial charge on any atom is 0.248 e. The molecule has 0 aromatic heterocycles. The van der Waals surface area contributed by atoms with Crippen molar-refractivity contribution in [3.05, 3.63) is 0 Å². The van der Waals surface area contributed by atoms with E-state index in [0.29, 0.717) is 77.9 Å². The highest BCUT2D eigenvalue weighted by molar-refractivity contribution is 5.75. The molecule has 0 radical (unpaired) electrons. The second-order valence-corrected chi connectivity index (χ2v) is 10.0. The lowest BCUT2D eigenvalue weighted by atomic mass is 9.48. The maximum atomic E-state index is 13.0. The average molecular weight is 456 g/mol. The van der Waals surface area contributed by atoms with Gasteiger partial charge in [-0.15, -0.1) is 0 Å². The SMILES string of the molecule is O=C(CCC12CC3CC(CC(C3)C1)C2)N1COCCOCCOCCOCCOCCO1. The van der Waals surface area contributed by atoms with Gasteiger partial charge in [0.2, 0.25) is 5.91 Å². The number of hydrogen-bond donors (Lipinski definition) is 0. The van der Waals surface area contributed by atoms with E-state index in [2.05, 4.69) is 0 Å². The first-order valence-electron chi connectivity index (χ1n) is 12.5. The fourth-order valence-electron chi connectivity index (χ4n) is 6.51. The summed E-state index contributed by atoms with van der Waals surface area (Å²) in [6, 6.07) is 0. The van der Waals surface area contributed by atoms with Gasteiger partial charge in [-0.1, -0.05) is 0 Å². The molecule has 1 aliphatic heterocycles. The minimum Gasteiger partial charge on any atom is -0.377 e. The van der Waals surface area contributed by atoms with Gasteiger partial charge in [-0.3, -0.25) is 9.63 Å². The molecule has 32 heavy (non-hydrogen) atoms. The summed E-state index contributed by atoms with van der Waals surface area (Å²) in [5, 5.41) is 1.38. The van der Waals surface area contributed by atoms with E-state index in [1.54, 1.807) is 0 Å². The van der Waals surface area contributed by atoms with Crippen LogP contribution in [0.5, 0.6) is 0 Å². The smallest absolute Gasteiger partial charge is 0.248 e. The van der Waals surface area contributed by atoms with Gasteiger partial charge in [-0.2, -0.15) is 5.06 Å². The Bertz CT molecular complexity index is 519. The third kappa shape index (κ3) is 7.37. The Morgan fingerprint density at radius 3 is 1.59 bits per heavy atom. The van der Waals surface area contributed by atoms with Crippen molar-refractivity contribution in [1.82, 2.24) is 5.06 Å². The molecular weight excluding hydrogens is 414 g/mol. The molecule has 0 aromatic rings. The number of carbonyl (C=O) groups excluding carboxylic acids is 1. The van der Waals surface area contributed by atoms with E-state index in [-0.39, 0.29) is 12.6 Å². The van der Waals surface area contributed by atoms with E-state index in [9.17, 15) is 4.79 Å². The zero-order valence-electron chi connectivity index (χ0n) is 19.5. The Morgan fingerprint density at radius 1 is 0.656 bits per heavy atom. The second-order valence-electron chi connectivity index (χ2n) is 10.0. The largest absolute Gasteiger partial charge is 0.377 e. The average Bonchev–Trinajstić information content (AvgIpc) is 2.76. The van der Waals surface area contributed by atoms with Crippen LogP contribution in [0.25, 0.3) is 0 Å². The molecule has 0 unspecified atom stereocenters. The predicted octanol–water partition coefficient (Wildman–Crippen LogP) is 2.80. The Morgan fingerprint density at radius 2 is 1.09 bits per heavy atom. The van der Waals surface area contributed by atoms with E-state index in [1.807, 2.05) is 0 Å². The van der Waals surface area contributed by atoms with Crippen molar-refractivity contribution >= 4 is 5.91 Å². The first-order valence-corrected chi connectivity index (χ1v) is 12.5. The Labute approximate surface area is 192 Å². The van der Waals surface area contributed by atoms with Gasteiger partial charge in [0.25, 0.3) is 0 Å². The van der Waals surface area contributed by atoms with Crippen LogP contribution in [0.4, 0.5) is 0 Å². The van der Waals surface area contributed by atoms with Gasteiger partial charge in [0, 0.05) is 6.42 Å². The highest BCUT2D eigenvalue weighted by Crippen LogP contribution is 2.61. The van der Waals surface area contributed by atoms with Crippen molar-refractivity contribution in [1.29, 1.82) is 0 Å². The first kappa shape index (κ1) is 24.4. The molecule has 4 bridgehead atoms. The second kappa shape index (κ2) is 12.6. The molecule has 1 saturated heterocycles. The molecule has 8 heteroatoms. The summed E-state index contributed by atoms with van der Waals surface area (Å²) in [5.41, 5.74) is 0.390. The zero-order chi connectivity index (χ0) is 22.1. The van der Waals surface area contributed by atoms with Crippen LogP contribution in [0.2, 0.25) is 0 Å². The van der Waals surface area contributed by atoms with Gasteiger partial charge in [0.1, 0.15) is 6.73 Å². The molecule has 1 amide bonds. The van der Waals surface area contributed by atoms with E-state index >= 15 is 0 Å². The number of carbonyl (C=O) groups is 1. The number of amides is 1. The Kier molecular flexibility index (Phi) is 9.61. The lowest BCUT2D eigenvalue weighted by Gasteiger charge is -2.57. The summed E-state index contributed by atoms with van der Waals surface area (Å²) >= 11 is 0. The molecular formula is C24H41NO7. The van der Waals surface area contributed by atoms with Crippen LogP contribution in [0.15, 0.2) is 0 Å². The van der Waals surface area contributed by atoms with E-state index in [0.717, 1.165) is 24.2 Å². The fourth-order valence-corrected chi connectivity index (χ4v) is 6.51. The summed E-state index contributed by atoms with van der Waals surface area (Å²) in [6.45, 7) is 4.81. The molecule has 0 N–H and O–H groups in total. The highest BCUT2D eigenvalue weighted by Gasteiger charge is 2.50. The third-order valence-corrected chi connectivity index (χ3v) is 7.48. The number of hydrogen-bond acceptors (Lipinski definition) is 7. The van der Waals surface area contributed by atoms with Crippen LogP contribution in [-0.2, 0) is 33.3 Å². The van der Waals surface area contributed by atoms with E-state index < -0.39 is 0 Å². The number of hydroxylamine groups is 2. The minimum atomic E-state index is 0.00722. The summed E-state index contributed by atoms with van der Waals surface area (Å²) < 4.78 is 27.6. The Hall–Kier alpha value is -0.770. The molecule has 5 rings (SSSR count). The summed E-state index contributed by atoms with van der Waals surface area (Å²) in [4.78, 5) is 18.8. The van der Waals surface area contributed by atoms with E-state index in [4.69, 9.17) is 28.5 Å². The van der Waals surface area contributed by atoms with Crippen molar-refractivity contribution in [2.24, 2.45) is 23.2 Å². The van der Waals surface area contributed by atoms with Crippen molar-refractivity contribution in [2.75, 3.05) is 72.8 Å². The topological polar surface area (TPSA) is 75.7 Å². The lowest BCUT2D eigenvalue weighted by molar-refractivity contribution is -0.219. The molecule has 8 nitrogen and oxygen atoms in total. The zero-order valence-corrected chi connectivity index (χ0v) is 19.5. The normalized spacial score (nSPS) is 35.9. The lowest BCUT2D eigenvalue weighted by Crippen LogP contribution is -2.46. The van der Waals surface area contributed by atoms with Gasteiger partial charge >= 0.3 is 0 Å². The third-order valence-electron chi connectivity index (χ3n) is 7.48. The highest BCUT2D eigenvalue weighted by atomic mass is 16.7. The van der Waals surface area contributed by atoms with Crippen LogP contribution < -0.4 is 0 Å². The number of ether oxygens (including phenoxy) is 5. The van der Waals surface area contributed by atoms with E-state index in [1.165, 1.54) is 43.6 Å². The monoisotopic (exact) mass is 455 g/mol. The molecule has 0 aromatic carbocycles. The van der Waals surface area contributed by atoms with Crippen LogP contribution >= 0.6 is 0 Å². The van der Waals surface area contributed by atoms with Gasteiger partial charge in [0.05, 0.1) is 66.1 Å². The van der Waals surface area contributed by atoms with Gasteiger partial charge in [-0.25, -0.2) is 0 Å². The predicted molar refractivity (Wildman–Crippen MR) is 117 cm³/mol. The molecule has 0 atom stereocenters. The van der Waals surface area contributed by atoms with Gasteiger partial charge < -0.3 is 23.7 Å². The summed E-state index contributed by atoms with van der Waals surface area (Å²) in [7, 11) is 0. The van der Waals surface area contributed by atoms with Crippen LogP contribution in [0.3, 0.4) is 0 Å². The fraction of sp³-hybridized carbons (Fsp3) is 0.958. The van der Waals surface area contributed by atoms with Crippen LogP contribution in [0, 0.1) is 23.2 Å². The molecule has 4 saturated carbocycles. The molecule has 184 valence electrons. The van der Waals surface area contributed by atoms with Crippen molar-refractivity contribution in [2.45, 2.75) is 51.4 Å². The first-order chi connectivity index (χ1) is 15.7. The molecule has 1 heterocycles. The molecule has 4 aliphatic carbocycles. The standard InChI is InChI=1S/C24H41NO7/c26-23(1-2-24-16-20-13-21(17-24)15-22(14-20)18-24)25-19-31-10-9-29-6-5-27-3-4-28-7-8-30-11-12-32-25/h20-22H,1-19H2. The molecule has 0 spiro atoms. The summed E-state index contributed by atoms with van der Waals surface area (Å²) in [6.07, 6.45) is 9.74. The maximum absolute atomic E-state index is 13.0. The molecule has 5 aliphatic rings. The van der Waals surface area contributed by atoms with Crippen molar-refractivity contribution in [3.8, 4) is 0 Å². The Balaban J connectivity index is 1.23. The van der Waals surface area contributed by atoms with Gasteiger partial charge in [0.15, 0.2) is 0 Å².